The maximum Gasteiger partial charge on any atom is 0.135 e. The van der Waals surface area contributed by atoms with Crippen LogP contribution in [0, 0.1) is 5.92 Å². The second kappa shape index (κ2) is 14.3. The summed E-state index contributed by atoms with van der Waals surface area (Å²) in [5, 5.41) is 1.19. The molecule has 12 rings (SSSR count). The highest BCUT2D eigenvalue weighted by Gasteiger charge is 2.46. The molecule has 1 heterocycles. The van der Waals surface area contributed by atoms with E-state index in [-0.39, 0.29) is 0 Å². The van der Waals surface area contributed by atoms with Crippen molar-refractivity contribution in [3.8, 4) is 33.4 Å². The molecule has 2 heteroatoms. The number of furan rings is 1. The lowest BCUT2D eigenvalue weighted by Crippen LogP contribution is -2.28. The van der Waals surface area contributed by atoms with Crippen LogP contribution in [0.5, 0.6) is 0 Å². The topological polar surface area (TPSA) is 16.4 Å². The fourth-order valence-electron chi connectivity index (χ4n) is 10.3. The van der Waals surface area contributed by atoms with Crippen molar-refractivity contribution in [2.75, 3.05) is 4.90 Å². The molecule has 0 saturated heterocycles. The van der Waals surface area contributed by atoms with Gasteiger partial charge >= 0.3 is 0 Å². The highest BCUT2D eigenvalue weighted by atomic mass is 16.3. The van der Waals surface area contributed by atoms with Gasteiger partial charge in [0.15, 0.2) is 0 Å². The predicted octanol–water partition coefficient (Wildman–Crippen LogP) is 15.3. The van der Waals surface area contributed by atoms with Crippen LogP contribution in [0.1, 0.15) is 33.6 Å². The number of fused-ring (bicyclic) bond motifs is 7. The second-order valence-electron chi connectivity index (χ2n) is 16.4. The predicted molar refractivity (Wildman–Crippen MR) is 253 cm³/mol. The largest absolute Gasteiger partial charge is 0.456 e. The molecule has 288 valence electrons. The van der Waals surface area contributed by atoms with Crippen LogP contribution < -0.4 is 4.90 Å². The molecule has 0 saturated carbocycles. The SMILES string of the molecule is C1=CC2=Cc3oc4ccc(-c5ccccc5N(c5ccc(-c6ccccc6)cc5)c5ccc6c(c5)C(c5ccccc5)(c5ccccc5)c5ccccc5-6)cc4c3CC2C=C1. The fourth-order valence-corrected chi connectivity index (χ4v) is 10.3. The summed E-state index contributed by atoms with van der Waals surface area (Å²) in [6, 6.07) is 73.5. The minimum absolute atomic E-state index is 0.369. The van der Waals surface area contributed by atoms with E-state index in [1.54, 1.807) is 0 Å². The quantitative estimate of drug-likeness (QED) is 0.160. The maximum absolute atomic E-state index is 6.51. The summed E-state index contributed by atoms with van der Waals surface area (Å²) in [6.07, 6.45) is 12.0. The van der Waals surface area contributed by atoms with Crippen molar-refractivity contribution in [2.24, 2.45) is 5.92 Å². The van der Waals surface area contributed by atoms with Gasteiger partial charge in [0.25, 0.3) is 0 Å². The smallest absolute Gasteiger partial charge is 0.135 e. The zero-order chi connectivity index (χ0) is 40.3. The summed E-state index contributed by atoms with van der Waals surface area (Å²) in [7, 11) is 0. The van der Waals surface area contributed by atoms with Crippen molar-refractivity contribution >= 4 is 34.1 Å². The third-order valence-corrected chi connectivity index (χ3v) is 13.1. The lowest BCUT2D eigenvalue weighted by atomic mass is 9.67. The van der Waals surface area contributed by atoms with Crippen molar-refractivity contribution in [3.05, 3.63) is 264 Å². The number of para-hydroxylation sites is 1. The molecule has 0 bridgehead atoms. The van der Waals surface area contributed by atoms with Crippen molar-refractivity contribution in [1.82, 2.24) is 0 Å². The van der Waals surface area contributed by atoms with Gasteiger partial charge in [-0.15, -0.1) is 0 Å². The third kappa shape index (κ3) is 5.64. The Morgan fingerprint density at radius 3 is 1.89 bits per heavy atom. The Labute approximate surface area is 356 Å². The van der Waals surface area contributed by atoms with Gasteiger partial charge in [0, 0.05) is 33.8 Å². The van der Waals surface area contributed by atoms with Gasteiger partial charge in [0.1, 0.15) is 11.3 Å². The Bertz CT molecular complexity index is 3170. The molecule has 0 radical (unpaired) electrons. The molecule has 0 spiro atoms. The van der Waals surface area contributed by atoms with E-state index in [1.807, 2.05) is 0 Å². The summed E-state index contributed by atoms with van der Waals surface area (Å²) in [5.74, 6) is 1.35. The summed E-state index contributed by atoms with van der Waals surface area (Å²) in [6.45, 7) is 0. The first kappa shape index (κ1) is 35.3. The Hall–Kier alpha value is -7.68. The number of anilines is 3. The van der Waals surface area contributed by atoms with Gasteiger partial charge in [-0.3, -0.25) is 0 Å². The molecular weight excluding hydrogens is 739 g/mol. The summed E-state index contributed by atoms with van der Waals surface area (Å²) < 4.78 is 6.51. The Morgan fingerprint density at radius 1 is 0.492 bits per heavy atom. The number of nitrogens with zero attached hydrogens (tertiary/aromatic N) is 1. The van der Waals surface area contributed by atoms with E-state index in [4.69, 9.17) is 4.42 Å². The van der Waals surface area contributed by atoms with Gasteiger partial charge < -0.3 is 9.32 Å². The van der Waals surface area contributed by atoms with Crippen LogP contribution >= 0.6 is 0 Å². The van der Waals surface area contributed by atoms with E-state index in [0.29, 0.717) is 5.92 Å². The molecule has 9 aromatic rings. The fraction of sp³-hybridized carbons (Fsp3) is 0.0508. The molecule has 0 N–H and O–H groups in total. The number of hydrogen-bond donors (Lipinski definition) is 0. The van der Waals surface area contributed by atoms with E-state index in [0.717, 1.165) is 46.0 Å². The van der Waals surface area contributed by atoms with Gasteiger partial charge in [-0.05, 0) is 111 Å². The molecule has 0 aliphatic heterocycles. The zero-order valence-corrected chi connectivity index (χ0v) is 33.6. The first-order chi connectivity index (χ1) is 30.2. The van der Waals surface area contributed by atoms with Crippen LogP contribution in [0.15, 0.2) is 234 Å². The molecule has 1 aromatic heterocycles. The van der Waals surface area contributed by atoms with Gasteiger partial charge in [0.2, 0.25) is 0 Å². The van der Waals surface area contributed by atoms with Crippen LogP contribution in [0.4, 0.5) is 17.1 Å². The Kier molecular flexibility index (Phi) is 8.24. The summed E-state index contributed by atoms with van der Waals surface area (Å²) in [4.78, 5) is 2.46. The molecule has 3 aliphatic rings. The molecule has 0 fully saturated rings. The molecule has 0 amide bonds. The maximum atomic E-state index is 6.51. The highest BCUT2D eigenvalue weighted by molar-refractivity contribution is 5.96. The second-order valence-corrected chi connectivity index (χ2v) is 16.4. The molecule has 3 aliphatic carbocycles. The van der Waals surface area contributed by atoms with Crippen molar-refractivity contribution in [3.63, 3.8) is 0 Å². The zero-order valence-electron chi connectivity index (χ0n) is 33.6. The van der Waals surface area contributed by atoms with Crippen LogP contribution in [0.3, 0.4) is 0 Å². The van der Waals surface area contributed by atoms with Crippen LogP contribution in [0.2, 0.25) is 0 Å². The average molecular weight is 780 g/mol. The molecule has 8 aromatic carbocycles. The first-order valence-corrected chi connectivity index (χ1v) is 21.3. The number of benzene rings is 8. The average Bonchev–Trinajstić information content (AvgIpc) is 3.84. The third-order valence-electron chi connectivity index (χ3n) is 13.1. The summed E-state index contributed by atoms with van der Waals surface area (Å²) in [5.41, 5.74) is 18.6. The number of allylic oxidation sites excluding steroid dienone is 5. The number of rotatable bonds is 7. The van der Waals surface area contributed by atoms with E-state index in [1.165, 1.54) is 61.0 Å². The Morgan fingerprint density at radius 2 is 1.11 bits per heavy atom. The van der Waals surface area contributed by atoms with E-state index in [2.05, 4.69) is 235 Å². The monoisotopic (exact) mass is 779 g/mol. The van der Waals surface area contributed by atoms with Crippen molar-refractivity contribution in [1.29, 1.82) is 0 Å². The molecule has 2 nitrogen and oxygen atoms in total. The van der Waals surface area contributed by atoms with Crippen molar-refractivity contribution < 1.29 is 4.42 Å². The van der Waals surface area contributed by atoms with Gasteiger partial charge in [-0.25, -0.2) is 0 Å². The highest BCUT2D eigenvalue weighted by Crippen LogP contribution is 2.57. The standard InChI is InChI=1S/C59H41NO/c1-4-16-40(17-5-1)41-28-31-47(32-29-41)60(56-27-15-13-24-49(56)44-30-35-57-52(37-44)53-36-42-18-10-11-19-43(42)38-58(53)61-57)48-33-34-51-50-25-12-14-26-54(50)59(55(51)39-48,45-20-6-2-7-21-45)46-22-8-3-9-23-46/h1-35,37-39,42H,36H2. The lowest BCUT2D eigenvalue weighted by Gasteiger charge is -2.35. The molecule has 1 unspecified atom stereocenters. The van der Waals surface area contributed by atoms with Crippen LogP contribution in [-0.4, -0.2) is 0 Å². The molecule has 1 atom stereocenters. The first-order valence-electron chi connectivity index (χ1n) is 21.3. The lowest BCUT2D eigenvalue weighted by molar-refractivity contribution is 0.586. The summed E-state index contributed by atoms with van der Waals surface area (Å²) >= 11 is 0. The number of hydrogen-bond acceptors (Lipinski definition) is 2. The normalized spacial score (nSPS) is 15.4. The van der Waals surface area contributed by atoms with Gasteiger partial charge in [0.05, 0.1) is 11.1 Å². The Balaban J connectivity index is 1.07. The minimum Gasteiger partial charge on any atom is -0.456 e. The van der Waals surface area contributed by atoms with E-state index >= 15 is 0 Å². The van der Waals surface area contributed by atoms with Gasteiger partial charge in [-0.2, -0.15) is 0 Å². The van der Waals surface area contributed by atoms with Crippen LogP contribution in [-0.2, 0) is 11.8 Å². The molecular formula is C59H41NO. The minimum atomic E-state index is -0.518. The molecule has 61 heavy (non-hydrogen) atoms. The van der Waals surface area contributed by atoms with Gasteiger partial charge in [-0.1, -0.05) is 182 Å². The van der Waals surface area contributed by atoms with E-state index in [9.17, 15) is 0 Å². The van der Waals surface area contributed by atoms with Crippen molar-refractivity contribution in [2.45, 2.75) is 11.8 Å². The van der Waals surface area contributed by atoms with Crippen LogP contribution in [0.25, 0.3) is 50.4 Å². The van der Waals surface area contributed by atoms with E-state index < -0.39 is 5.41 Å².